The van der Waals surface area contributed by atoms with Crippen molar-refractivity contribution in [3.05, 3.63) is 41.2 Å². The van der Waals surface area contributed by atoms with Crippen LogP contribution in [0, 0.1) is 20.8 Å². The maximum Gasteiger partial charge on any atom is 0.248 e. The van der Waals surface area contributed by atoms with Gasteiger partial charge in [-0.3, -0.25) is 4.79 Å². The highest BCUT2D eigenvalue weighted by molar-refractivity contribution is 5.95. The lowest BCUT2D eigenvalue weighted by Crippen LogP contribution is -2.34. The Hall–Kier alpha value is -2.30. The quantitative estimate of drug-likeness (QED) is 0.884. The van der Waals surface area contributed by atoms with Crippen LogP contribution in [0.15, 0.2) is 28.8 Å². The van der Waals surface area contributed by atoms with Gasteiger partial charge in [-0.05, 0) is 44.4 Å². The molecule has 1 amide bonds. The van der Waals surface area contributed by atoms with Crippen molar-refractivity contribution in [2.24, 2.45) is 0 Å². The molecule has 1 aromatic carbocycles. The van der Waals surface area contributed by atoms with Gasteiger partial charge in [0.2, 0.25) is 5.91 Å². The zero-order chi connectivity index (χ0) is 15.4. The van der Waals surface area contributed by atoms with Crippen LogP contribution in [0.3, 0.4) is 0 Å². The van der Waals surface area contributed by atoms with Crippen LogP contribution in [0.5, 0.6) is 0 Å². The van der Waals surface area contributed by atoms with E-state index in [0.29, 0.717) is 18.0 Å². The second-order valence-corrected chi connectivity index (χ2v) is 5.16. The summed E-state index contributed by atoms with van der Waals surface area (Å²) in [6.45, 7) is 7.85. The molecule has 0 saturated carbocycles. The predicted molar refractivity (Wildman–Crippen MR) is 83.5 cm³/mol. The molecule has 21 heavy (non-hydrogen) atoms. The topological polar surface area (TPSA) is 67.2 Å². The molecule has 0 unspecified atom stereocenters. The fraction of sp³-hybridized carbons (Fsp3) is 0.375. The first kappa shape index (κ1) is 15.1. The number of hydrogen-bond donors (Lipinski definition) is 2. The van der Waals surface area contributed by atoms with Gasteiger partial charge in [-0.2, -0.15) is 0 Å². The summed E-state index contributed by atoms with van der Waals surface area (Å²) < 4.78 is 4.95. The van der Waals surface area contributed by atoms with Crippen molar-refractivity contribution >= 4 is 17.4 Å². The molecule has 0 fully saturated rings. The molecule has 0 aliphatic heterocycles. The molecule has 1 atom stereocenters. The number of benzene rings is 1. The van der Waals surface area contributed by atoms with Gasteiger partial charge in [-0.1, -0.05) is 24.2 Å². The molecular weight excluding hydrogens is 266 g/mol. The average molecular weight is 287 g/mol. The number of aryl methyl sites for hydroxylation is 2. The van der Waals surface area contributed by atoms with Gasteiger partial charge in [0.15, 0.2) is 5.82 Å². The van der Waals surface area contributed by atoms with Crippen molar-refractivity contribution in [2.45, 2.75) is 40.2 Å². The third-order valence-electron chi connectivity index (χ3n) is 3.54. The Morgan fingerprint density at radius 2 is 2.10 bits per heavy atom. The lowest BCUT2D eigenvalue weighted by atomic mass is 10.1. The third kappa shape index (κ3) is 3.62. The van der Waals surface area contributed by atoms with Gasteiger partial charge in [0.1, 0.15) is 11.8 Å². The lowest BCUT2D eigenvalue weighted by Gasteiger charge is -2.19. The standard InChI is InChI=1S/C16H21N3O2/c1-5-13(16(20)18-15-9-11(3)21-19-15)17-14-8-6-7-10(2)12(14)4/h6-9,13,17H,5H2,1-4H3,(H,18,19,20)/t13-/m0/s1. The summed E-state index contributed by atoms with van der Waals surface area (Å²) in [4.78, 5) is 12.3. The molecule has 1 heterocycles. The van der Waals surface area contributed by atoms with Crippen LogP contribution in [-0.4, -0.2) is 17.1 Å². The summed E-state index contributed by atoms with van der Waals surface area (Å²) in [6, 6.07) is 7.40. The van der Waals surface area contributed by atoms with Gasteiger partial charge < -0.3 is 15.2 Å². The van der Waals surface area contributed by atoms with Gasteiger partial charge >= 0.3 is 0 Å². The van der Waals surface area contributed by atoms with E-state index in [1.807, 2.05) is 26.0 Å². The molecule has 0 aliphatic rings. The molecule has 112 valence electrons. The molecule has 5 heteroatoms. The monoisotopic (exact) mass is 287 g/mol. The van der Waals surface area contributed by atoms with E-state index in [1.54, 1.807) is 13.0 Å². The van der Waals surface area contributed by atoms with Crippen LogP contribution >= 0.6 is 0 Å². The van der Waals surface area contributed by atoms with Gasteiger partial charge in [0.25, 0.3) is 0 Å². The summed E-state index contributed by atoms with van der Waals surface area (Å²) in [5.74, 6) is 0.992. The molecule has 1 aromatic heterocycles. The van der Waals surface area contributed by atoms with E-state index in [4.69, 9.17) is 4.52 Å². The Labute approximate surface area is 124 Å². The Morgan fingerprint density at radius 3 is 2.71 bits per heavy atom. The predicted octanol–water partition coefficient (Wildman–Crippen LogP) is 3.43. The number of carbonyl (C=O) groups is 1. The molecule has 0 aliphatic carbocycles. The van der Waals surface area contributed by atoms with Crippen LogP contribution in [-0.2, 0) is 4.79 Å². The van der Waals surface area contributed by atoms with Crippen LogP contribution in [0.2, 0.25) is 0 Å². The van der Waals surface area contributed by atoms with Crippen molar-refractivity contribution in [1.29, 1.82) is 0 Å². The van der Waals surface area contributed by atoms with Crippen molar-refractivity contribution in [3.63, 3.8) is 0 Å². The first-order valence-corrected chi connectivity index (χ1v) is 7.08. The fourth-order valence-corrected chi connectivity index (χ4v) is 2.09. The van der Waals surface area contributed by atoms with E-state index < -0.39 is 0 Å². The lowest BCUT2D eigenvalue weighted by molar-refractivity contribution is -0.117. The first-order chi connectivity index (χ1) is 10.0. The second kappa shape index (κ2) is 6.43. The third-order valence-corrected chi connectivity index (χ3v) is 3.54. The highest BCUT2D eigenvalue weighted by atomic mass is 16.5. The van der Waals surface area contributed by atoms with Crippen molar-refractivity contribution in [3.8, 4) is 0 Å². The van der Waals surface area contributed by atoms with E-state index in [1.165, 1.54) is 5.56 Å². The summed E-state index contributed by atoms with van der Waals surface area (Å²) in [5, 5.41) is 9.83. The summed E-state index contributed by atoms with van der Waals surface area (Å²) >= 11 is 0. The molecular formula is C16H21N3O2. The molecule has 0 spiro atoms. The molecule has 0 saturated heterocycles. The molecule has 2 rings (SSSR count). The Kier molecular flexibility index (Phi) is 4.62. The number of nitrogens with zero attached hydrogens (tertiary/aromatic N) is 1. The van der Waals surface area contributed by atoms with E-state index in [-0.39, 0.29) is 11.9 Å². The highest BCUT2D eigenvalue weighted by Crippen LogP contribution is 2.20. The zero-order valence-electron chi connectivity index (χ0n) is 12.9. The Bertz CT molecular complexity index is 634. The Balaban J connectivity index is 2.08. The number of anilines is 2. The summed E-state index contributed by atoms with van der Waals surface area (Å²) in [7, 11) is 0. The minimum Gasteiger partial charge on any atom is -0.373 e. The maximum absolute atomic E-state index is 12.3. The van der Waals surface area contributed by atoms with Gasteiger partial charge in [-0.25, -0.2) is 0 Å². The van der Waals surface area contributed by atoms with E-state index in [9.17, 15) is 4.79 Å². The maximum atomic E-state index is 12.3. The number of hydrogen-bond acceptors (Lipinski definition) is 4. The highest BCUT2D eigenvalue weighted by Gasteiger charge is 2.18. The van der Waals surface area contributed by atoms with E-state index >= 15 is 0 Å². The largest absolute Gasteiger partial charge is 0.373 e. The zero-order valence-corrected chi connectivity index (χ0v) is 12.9. The smallest absolute Gasteiger partial charge is 0.248 e. The van der Waals surface area contributed by atoms with E-state index in [2.05, 4.69) is 28.8 Å². The number of carbonyl (C=O) groups excluding carboxylic acids is 1. The number of aromatic nitrogens is 1. The second-order valence-electron chi connectivity index (χ2n) is 5.16. The number of amides is 1. The number of rotatable bonds is 5. The van der Waals surface area contributed by atoms with Crippen LogP contribution in [0.1, 0.15) is 30.2 Å². The van der Waals surface area contributed by atoms with Gasteiger partial charge in [0, 0.05) is 11.8 Å². The molecule has 5 nitrogen and oxygen atoms in total. The molecule has 2 N–H and O–H groups in total. The van der Waals surface area contributed by atoms with E-state index in [0.717, 1.165) is 11.3 Å². The van der Waals surface area contributed by atoms with Gasteiger partial charge in [0.05, 0.1) is 0 Å². The van der Waals surface area contributed by atoms with Crippen LogP contribution < -0.4 is 10.6 Å². The van der Waals surface area contributed by atoms with Crippen molar-refractivity contribution in [2.75, 3.05) is 10.6 Å². The van der Waals surface area contributed by atoms with Crippen LogP contribution in [0.4, 0.5) is 11.5 Å². The average Bonchev–Trinajstić information content (AvgIpc) is 2.85. The molecule has 0 bridgehead atoms. The van der Waals surface area contributed by atoms with Crippen molar-refractivity contribution < 1.29 is 9.32 Å². The SMILES string of the molecule is CC[C@H](Nc1cccc(C)c1C)C(=O)Nc1cc(C)on1. The normalized spacial score (nSPS) is 12.0. The molecule has 0 radical (unpaired) electrons. The van der Waals surface area contributed by atoms with Crippen molar-refractivity contribution in [1.82, 2.24) is 5.16 Å². The fourth-order valence-electron chi connectivity index (χ4n) is 2.09. The minimum atomic E-state index is -0.317. The number of nitrogens with one attached hydrogen (secondary N) is 2. The molecule has 2 aromatic rings. The Morgan fingerprint density at radius 1 is 1.33 bits per heavy atom. The summed E-state index contributed by atoms with van der Waals surface area (Å²) in [6.07, 6.45) is 0.677. The first-order valence-electron chi connectivity index (χ1n) is 7.08. The van der Waals surface area contributed by atoms with Crippen LogP contribution in [0.25, 0.3) is 0 Å². The van der Waals surface area contributed by atoms with Gasteiger partial charge in [-0.15, -0.1) is 0 Å². The minimum absolute atomic E-state index is 0.119. The summed E-state index contributed by atoms with van der Waals surface area (Å²) in [5.41, 5.74) is 3.33.